The molecule has 2 amide bonds. The predicted octanol–water partition coefficient (Wildman–Crippen LogP) is 0.696. The van der Waals surface area contributed by atoms with Crippen molar-refractivity contribution in [1.82, 2.24) is 5.32 Å². The number of rotatable bonds is 5. The van der Waals surface area contributed by atoms with Gasteiger partial charge in [0, 0.05) is 11.6 Å². The van der Waals surface area contributed by atoms with Gasteiger partial charge in [-0.1, -0.05) is 12.1 Å². The number of carbonyl (C=O) groups is 3. The van der Waals surface area contributed by atoms with E-state index in [0.717, 1.165) is 6.08 Å². The molecule has 0 aliphatic heterocycles. The summed E-state index contributed by atoms with van der Waals surface area (Å²) in [6.07, 6.45) is 2.37. The van der Waals surface area contributed by atoms with Crippen LogP contribution in [0.3, 0.4) is 0 Å². The minimum Gasteiger partial charge on any atom is -0.478 e. The molecule has 0 bridgehead atoms. The highest BCUT2D eigenvalue weighted by Crippen LogP contribution is 2.13. The summed E-state index contributed by atoms with van der Waals surface area (Å²) >= 11 is 0. The number of carboxylic acids is 1. The van der Waals surface area contributed by atoms with E-state index < -0.39 is 23.8 Å². The zero-order chi connectivity index (χ0) is 15.3. The monoisotopic (exact) mass is 276 g/mol. The number of aryl methyl sites for hydroxylation is 1. The van der Waals surface area contributed by atoms with Gasteiger partial charge in [0.15, 0.2) is 0 Å². The number of hydrogen-bond acceptors (Lipinski definition) is 3. The van der Waals surface area contributed by atoms with E-state index in [4.69, 9.17) is 10.8 Å². The molecule has 0 heterocycles. The lowest BCUT2D eigenvalue weighted by Gasteiger charge is -2.12. The van der Waals surface area contributed by atoms with Gasteiger partial charge in [0.05, 0.1) is 0 Å². The standard InChI is InChI=1S/C14H16N2O4/c1-8-3-4-10(5-6-12(17)18)7-11(8)14(20)16-9(2)13(15)19/h3-7,9H,1-2H3,(H2,15,19)(H,16,20)(H,17,18). The van der Waals surface area contributed by atoms with Crippen LogP contribution in [0, 0.1) is 6.92 Å². The molecule has 0 radical (unpaired) electrons. The van der Waals surface area contributed by atoms with Gasteiger partial charge in [-0.25, -0.2) is 4.79 Å². The van der Waals surface area contributed by atoms with Crippen molar-refractivity contribution in [2.45, 2.75) is 19.9 Å². The van der Waals surface area contributed by atoms with Crippen LogP contribution in [-0.4, -0.2) is 28.9 Å². The van der Waals surface area contributed by atoms with Crippen molar-refractivity contribution in [2.75, 3.05) is 0 Å². The number of primary amides is 1. The minimum absolute atomic E-state index is 0.366. The summed E-state index contributed by atoms with van der Waals surface area (Å²) in [5.74, 6) is -2.13. The molecule has 0 spiro atoms. The smallest absolute Gasteiger partial charge is 0.328 e. The van der Waals surface area contributed by atoms with Gasteiger partial charge in [-0.2, -0.15) is 0 Å². The molecule has 0 saturated heterocycles. The van der Waals surface area contributed by atoms with Crippen LogP contribution in [0.15, 0.2) is 24.3 Å². The fraction of sp³-hybridized carbons (Fsp3) is 0.214. The summed E-state index contributed by atoms with van der Waals surface area (Å²) < 4.78 is 0. The van der Waals surface area contributed by atoms with Gasteiger partial charge >= 0.3 is 5.97 Å². The molecule has 6 nitrogen and oxygen atoms in total. The summed E-state index contributed by atoms with van der Waals surface area (Å²) in [6, 6.07) is 4.17. The van der Waals surface area contributed by atoms with Gasteiger partial charge in [0.2, 0.25) is 5.91 Å². The molecule has 106 valence electrons. The van der Waals surface area contributed by atoms with Crippen LogP contribution in [-0.2, 0) is 9.59 Å². The maximum atomic E-state index is 12.0. The van der Waals surface area contributed by atoms with Crippen molar-refractivity contribution in [1.29, 1.82) is 0 Å². The lowest BCUT2D eigenvalue weighted by molar-refractivity contribution is -0.131. The third-order valence-corrected chi connectivity index (χ3v) is 2.70. The van der Waals surface area contributed by atoms with Crippen LogP contribution in [0.1, 0.15) is 28.4 Å². The number of amides is 2. The molecule has 1 unspecified atom stereocenters. The molecule has 0 fully saturated rings. The molecular weight excluding hydrogens is 260 g/mol. The number of aliphatic carboxylic acids is 1. The third kappa shape index (κ3) is 4.24. The number of nitrogens with two attached hydrogens (primary N) is 1. The zero-order valence-corrected chi connectivity index (χ0v) is 11.2. The molecule has 1 atom stereocenters. The van der Waals surface area contributed by atoms with E-state index in [1.54, 1.807) is 25.1 Å². The molecule has 20 heavy (non-hydrogen) atoms. The Kier molecular flexibility index (Phi) is 5.02. The van der Waals surface area contributed by atoms with E-state index >= 15 is 0 Å². The number of nitrogens with one attached hydrogen (secondary N) is 1. The molecule has 1 rings (SSSR count). The van der Waals surface area contributed by atoms with Crippen LogP contribution in [0.5, 0.6) is 0 Å². The quantitative estimate of drug-likeness (QED) is 0.687. The summed E-state index contributed by atoms with van der Waals surface area (Å²) in [5, 5.41) is 11.0. The fourth-order valence-electron chi connectivity index (χ4n) is 1.50. The Morgan fingerprint density at radius 1 is 1.35 bits per heavy atom. The van der Waals surface area contributed by atoms with Gasteiger partial charge in [-0.15, -0.1) is 0 Å². The van der Waals surface area contributed by atoms with Crippen LogP contribution in [0.4, 0.5) is 0 Å². The maximum absolute atomic E-state index is 12.0. The first-order valence-corrected chi connectivity index (χ1v) is 5.93. The Hall–Kier alpha value is -2.63. The Bertz CT molecular complexity index is 579. The number of benzene rings is 1. The second-order valence-electron chi connectivity index (χ2n) is 4.34. The second-order valence-corrected chi connectivity index (χ2v) is 4.34. The van der Waals surface area contributed by atoms with Crippen LogP contribution in [0.2, 0.25) is 0 Å². The maximum Gasteiger partial charge on any atom is 0.328 e. The number of hydrogen-bond donors (Lipinski definition) is 3. The topological polar surface area (TPSA) is 109 Å². The van der Waals surface area contributed by atoms with E-state index in [0.29, 0.717) is 16.7 Å². The van der Waals surface area contributed by atoms with E-state index in [-0.39, 0.29) is 0 Å². The molecule has 0 aliphatic carbocycles. The van der Waals surface area contributed by atoms with Crippen molar-refractivity contribution in [2.24, 2.45) is 5.73 Å². The van der Waals surface area contributed by atoms with E-state index in [1.165, 1.54) is 13.0 Å². The SMILES string of the molecule is Cc1ccc(C=CC(=O)O)cc1C(=O)NC(C)C(N)=O. The first-order chi connectivity index (χ1) is 9.31. The van der Waals surface area contributed by atoms with Crippen molar-refractivity contribution < 1.29 is 19.5 Å². The summed E-state index contributed by atoms with van der Waals surface area (Å²) in [5.41, 5.74) is 6.74. The van der Waals surface area contributed by atoms with Crippen molar-refractivity contribution in [3.63, 3.8) is 0 Å². The average Bonchev–Trinajstić information content (AvgIpc) is 2.37. The molecule has 1 aromatic carbocycles. The average molecular weight is 276 g/mol. The highest BCUT2D eigenvalue weighted by molar-refractivity contribution is 5.99. The minimum atomic E-state index is -1.07. The summed E-state index contributed by atoms with van der Waals surface area (Å²) in [4.78, 5) is 33.4. The molecule has 0 saturated carbocycles. The predicted molar refractivity (Wildman–Crippen MR) is 74.0 cm³/mol. The molecular formula is C14H16N2O4. The molecule has 1 aromatic rings. The van der Waals surface area contributed by atoms with Gasteiger partial charge < -0.3 is 16.2 Å². The lowest BCUT2D eigenvalue weighted by atomic mass is 10.0. The molecule has 0 aromatic heterocycles. The lowest BCUT2D eigenvalue weighted by Crippen LogP contribution is -2.42. The first-order valence-electron chi connectivity index (χ1n) is 5.93. The summed E-state index contributed by atoms with van der Waals surface area (Å²) in [7, 11) is 0. The second kappa shape index (κ2) is 6.51. The third-order valence-electron chi connectivity index (χ3n) is 2.70. The van der Waals surface area contributed by atoms with Gasteiger partial charge in [0.1, 0.15) is 6.04 Å². The Balaban J connectivity index is 2.99. The van der Waals surface area contributed by atoms with Crippen molar-refractivity contribution >= 4 is 23.9 Å². The van der Waals surface area contributed by atoms with Gasteiger partial charge in [-0.05, 0) is 37.1 Å². The van der Waals surface area contributed by atoms with Gasteiger partial charge in [0.25, 0.3) is 5.91 Å². The normalized spacial score (nSPS) is 12.1. The largest absolute Gasteiger partial charge is 0.478 e. The van der Waals surface area contributed by atoms with Gasteiger partial charge in [-0.3, -0.25) is 9.59 Å². The Morgan fingerprint density at radius 2 is 2.00 bits per heavy atom. The van der Waals surface area contributed by atoms with Crippen molar-refractivity contribution in [3.05, 3.63) is 41.0 Å². The number of carbonyl (C=O) groups excluding carboxylic acids is 2. The summed E-state index contributed by atoms with van der Waals surface area (Å²) in [6.45, 7) is 3.23. The first kappa shape index (κ1) is 15.4. The van der Waals surface area contributed by atoms with Crippen LogP contribution < -0.4 is 11.1 Å². The fourth-order valence-corrected chi connectivity index (χ4v) is 1.50. The Morgan fingerprint density at radius 3 is 2.55 bits per heavy atom. The Labute approximate surface area is 116 Å². The zero-order valence-electron chi connectivity index (χ0n) is 11.2. The van der Waals surface area contributed by atoms with E-state index in [9.17, 15) is 14.4 Å². The molecule has 6 heteroatoms. The highest BCUT2D eigenvalue weighted by atomic mass is 16.4. The van der Waals surface area contributed by atoms with Crippen molar-refractivity contribution in [3.8, 4) is 0 Å². The van der Waals surface area contributed by atoms with Crippen LogP contribution >= 0.6 is 0 Å². The highest BCUT2D eigenvalue weighted by Gasteiger charge is 2.15. The van der Waals surface area contributed by atoms with E-state index in [2.05, 4.69) is 5.32 Å². The molecule has 0 aliphatic rings. The molecule has 4 N–H and O–H groups in total. The van der Waals surface area contributed by atoms with Crippen LogP contribution in [0.25, 0.3) is 6.08 Å². The number of carboxylic acid groups (broad SMARTS) is 1. The van der Waals surface area contributed by atoms with E-state index in [1.807, 2.05) is 0 Å².